The maximum atomic E-state index is 12.4. The smallest absolute Gasteiger partial charge is 0.477 e. The summed E-state index contributed by atoms with van der Waals surface area (Å²) in [6, 6.07) is 3.61. The van der Waals surface area contributed by atoms with Gasteiger partial charge in [0.1, 0.15) is 0 Å². The maximum Gasteiger partial charge on any atom is 0.513 e. The fraction of sp³-hybridized carbons (Fsp3) is 0.630. The normalized spacial score (nSPS) is 12.6. The number of carbonyl (C=O) groups excluding carboxylic acids is 3. The predicted octanol–water partition coefficient (Wildman–Crippen LogP) is 5.30. The Hall–Kier alpha value is -3.54. The van der Waals surface area contributed by atoms with Crippen LogP contribution in [-0.2, 0) is 30.2 Å². The Bertz CT molecular complexity index is 961. The van der Waals surface area contributed by atoms with E-state index in [0.29, 0.717) is 6.42 Å². The molecule has 1 aromatic rings. The molecule has 0 fully saturated rings. The van der Waals surface area contributed by atoms with Crippen LogP contribution in [0.2, 0.25) is 0 Å². The van der Waals surface area contributed by atoms with Crippen molar-refractivity contribution in [3.8, 4) is 11.5 Å². The monoisotopic (exact) mass is 555 g/mol. The summed E-state index contributed by atoms with van der Waals surface area (Å²) in [6.45, 7) is 12.9. The van der Waals surface area contributed by atoms with Gasteiger partial charge in [-0.05, 0) is 49.8 Å². The molecule has 0 bridgehead atoms. The van der Waals surface area contributed by atoms with E-state index < -0.39 is 42.6 Å². The van der Waals surface area contributed by atoms with Crippen LogP contribution in [0.4, 0.5) is 14.4 Å². The quantitative estimate of drug-likeness (QED) is 0.0947. The molecule has 39 heavy (non-hydrogen) atoms. The van der Waals surface area contributed by atoms with E-state index in [-0.39, 0.29) is 48.7 Å². The first-order valence-electron chi connectivity index (χ1n) is 13.0. The molecule has 12 heteroatoms. The molecule has 0 radical (unpaired) electrons. The minimum absolute atomic E-state index is 0.0399. The second kappa shape index (κ2) is 16.4. The van der Waals surface area contributed by atoms with Gasteiger partial charge in [-0.3, -0.25) is 5.32 Å². The van der Waals surface area contributed by atoms with Gasteiger partial charge in [-0.25, -0.2) is 19.2 Å². The number of ether oxygens (including phenoxy) is 6. The summed E-state index contributed by atoms with van der Waals surface area (Å²) >= 11 is 0. The van der Waals surface area contributed by atoms with Crippen LogP contribution < -0.4 is 14.8 Å². The summed E-state index contributed by atoms with van der Waals surface area (Å²) in [5, 5.41) is 12.9. The molecule has 0 aliphatic heterocycles. The standard InChI is InChI=1S/C27H41NO11/c1-8-9-12-34-26(33)39-27(23(29)30,28-19(6)7)14-20-10-11-21(37-24(31)35-15-17(2)3)22(13-20)38-25(32)36-16-18(4)5/h10-11,13,17-19,28H,8-9,12,14-16H2,1-7H3,(H,29,30)/t27-/m0/s1. The van der Waals surface area contributed by atoms with E-state index in [1.54, 1.807) is 13.8 Å². The van der Waals surface area contributed by atoms with Crippen LogP contribution in [-0.4, -0.2) is 61.1 Å². The summed E-state index contributed by atoms with van der Waals surface area (Å²) in [6.07, 6.45) is -2.26. The van der Waals surface area contributed by atoms with E-state index in [4.69, 9.17) is 28.4 Å². The largest absolute Gasteiger partial charge is 0.513 e. The molecule has 1 rings (SSSR count). The van der Waals surface area contributed by atoms with Gasteiger partial charge >= 0.3 is 24.4 Å². The topological polar surface area (TPSA) is 156 Å². The molecule has 0 saturated carbocycles. The molecule has 0 spiro atoms. The zero-order valence-electron chi connectivity index (χ0n) is 23.7. The number of hydrogen-bond donors (Lipinski definition) is 2. The zero-order valence-corrected chi connectivity index (χ0v) is 23.7. The first kappa shape index (κ1) is 33.5. The number of nitrogens with one attached hydrogen (secondary N) is 1. The van der Waals surface area contributed by atoms with Crippen LogP contribution >= 0.6 is 0 Å². The molecule has 220 valence electrons. The van der Waals surface area contributed by atoms with Crippen molar-refractivity contribution >= 4 is 24.4 Å². The molecular weight excluding hydrogens is 514 g/mol. The molecular formula is C27H41NO11. The lowest BCUT2D eigenvalue weighted by Crippen LogP contribution is -2.59. The highest BCUT2D eigenvalue weighted by atomic mass is 16.8. The number of aliphatic carboxylic acids is 1. The summed E-state index contributed by atoms with van der Waals surface area (Å²) < 4.78 is 30.9. The van der Waals surface area contributed by atoms with Crippen molar-refractivity contribution in [1.82, 2.24) is 5.32 Å². The Morgan fingerprint density at radius 3 is 1.90 bits per heavy atom. The molecule has 12 nitrogen and oxygen atoms in total. The first-order chi connectivity index (χ1) is 18.3. The highest BCUT2D eigenvalue weighted by Gasteiger charge is 2.44. The van der Waals surface area contributed by atoms with Gasteiger partial charge < -0.3 is 33.5 Å². The van der Waals surface area contributed by atoms with Gasteiger partial charge in [0.25, 0.3) is 5.72 Å². The lowest BCUT2D eigenvalue weighted by atomic mass is 10.0. The summed E-state index contributed by atoms with van der Waals surface area (Å²) in [5.74, 6) is -1.75. The molecule has 0 aromatic heterocycles. The van der Waals surface area contributed by atoms with Crippen LogP contribution in [0.5, 0.6) is 11.5 Å². The van der Waals surface area contributed by atoms with Crippen LogP contribution in [0.15, 0.2) is 18.2 Å². The highest BCUT2D eigenvalue weighted by Crippen LogP contribution is 2.31. The second-order valence-electron chi connectivity index (χ2n) is 10.1. The lowest BCUT2D eigenvalue weighted by Gasteiger charge is -2.31. The van der Waals surface area contributed by atoms with Crippen LogP contribution in [0.3, 0.4) is 0 Å². The number of carboxylic acid groups (broad SMARTS) is 1. The molecule has 1 atom stereocenters. The number of carboxylic acids is 1. The predicted molar refractivity (Wildman–Crippen MR) is 140 cm³/mol. The average Bonchev–Trinajstić information content (AvgIpc) is 2.82. The van der Waals surface area contributed by atoms with Gasteiger partial charge in [-0.1, -0.05) is 47.1 Å². The SMILES string of the molecule is CCCCOC(=O)O[C@](Cc1ccc(OC(=O)OCC(C)C)c(OC(=O)OCC(C)C)c1)(NC(C)C)C(=O)O. The summed E-state index contributed by atoms with van der Waals surface area (Å²) in [5.41, 5.74) is -1.95. The fourth-order valence-electron chi connectivity index (χ4n) is 3.06. The summed E-state index contributed by atoms with van der Waals surface area (Å²) in [7, 11) is 0. The van der Waals surface area contributed by atoms with E-state index in [0.717, 1.165) is 6.42 Å². The minimum Gasteiger partial charge on any atom is -0.477 e. The Balaban J connectivity index is 3.33. The number of carbonyl (C=O) groups is 4. The van der Waals surface area contributed by atoms with Gasteiger partial charge in [-0.2, -0.15) is 0 Å². The van der Waals surface area contributed by atoms with E-state index >= 15 is 0 Å². The molecule has 0 amide bonds. The van der Waals surface area contributed by atoms with Crippen molar-refractivity contribution in [2.75, 3.05) is 19.8 Å². The molecule has 0 unspecified atom stereocenters. The Morgan fingerprint density at radius 1 is 0.846 bits per heavy atom. The average molecular weight is 556 g/mol. The van der Waals surface area contributed by atoms with Gasteiger partial charge in [0.15, 0.2) is 11.5 Å². The molecule has 0 aliphatic rings. The number of unbranched alkanes of at least 4 members (excludes halogenated alkanes) is 1. The van der Waals surface area contributed by atoms with Crippen molar-refractivity contribution in [3.63, 3.8) is 0 Å². The maximum absolute atomic E-state index is 12.4. The van der Waals surface area contributed by atoms with Crippen LogP contribution in [0.25, 0.3) is 0 Å². The van der Waals surface area contributed by atoms with Crippen molar-refractivity contribution < 1.29 is 52.7 Å². The van der Waals surface area contributed by atoms with Gasteiger partial charge in [0.2, 0.25) is 0 Å². The summed E-state index contributed by atoms with van der Waals surface area (Å²) in [4.78, 5) is 49.2. The van der Waals surface area contributed by atoms with Crippen LogP contribution in [0.1, 0.15) is 66.9 Å². The molecule has 0 saturated heterocycles. The van der Waals surface area contributed by atoms with Gasteiger partial charge in [0.05, 0.1) is 19.8 Å². The minimum atomic E-state index is -2.22. The van der Waals surface area contributed by atoms with E-state index in [9.17, 15) is 24.3 Å². The van der Waals surface area contributed by atoms with Crippen LogP contribution in [0, 0.1) is 11.8 Å². The third kappa shape index (κ3) is 12.7. The van der Waals surface area contributed by atoms with Crippen molar-refractivity contribution in [2.45, 2.75) is 79.5 Å². The molecule has 2 N–H and O–H groups in total. The number of rotatable bonds is 15. The fourth-order valence-corrected chi connectivity index (χ4v) is 3.06. The van der Waals surface area contributed by atoms with Gasteiger partial charge in [-0.15, -0.1) is 0 Å². The lowest BCUT2D eigenvalue weighted by molar-refractivity contribution is -0.166. The molecule has 0 heterocycles. The first-order valence-corrected chi connectivity index (χ1v) is 13.0. The molecule has 0 aliphatic carbocycles. The third-order valence-corrected chi connectivity index (χ3v) is 4.76. The Morgan fingerprint density at radius 2 is 1.41 bits per heavy atom. The van der Waals surface area contributed by atoms with E-state index in [1.807, 2.05) is 34.6 Å². The van der Waals surface area contributed by atoms with E-state index in [2.05, 4.69) is 5.32 Å². The van der Waals surface area contributed by atoms with Crippen molar-refractivity contribution in [1.29, 1.82) is 0 Å². The van der Waals surface area contributed by atoms with E-state index in [1.165, 1.54) is 18.2 Å². The van der Waals surface area contributed by atoms with Gasteiger partial charge in [0, 0.05) is 12.5 Å². The number of hydrogen-bond acceptors (Lipinski definition) is 11. The Kier molecular flexibility index (Phi) is 14.1. The molecule has 1 aromatic carbocycles. The van der Waals surface area contributed by atoms with Crippen molar-refractivity contribution in [2.24, 2.45) is 11.8 Å². The van der Waals surface area contributed by atoms with Crippen molar-refractivity contribution in [3.05, 3.63) is 23.8 Å². The third-order valence-electron chi connectivity index (χ3n) is 4.76. The number of benzene rings is 1. The Labute approximate surface area is 229 Å². The zero-order chi connectivity index (χ0) is 29.6. The highest BCUT2D eigenvalue weighted by molar-refractivity contribution is 5.80. The second-order valence-corrected chi connectivity index (χ2v) is 10.1.